The van der Waals surface area contributed by atoms with Crippen molar-refractivity contribution in [2.75, 3.05) is 5.32 Å². The maximum absolute atomic E-state index is 3.53. The van der Waals surface area contributed by atoms with E-state index in [4.69, 9.17) is 0 Å². The van der Waals surface area contributed by atoms with Gasteiger partial charge in [-0.15, -0.1) is 0 Å². The number of hydrogen-bond acceptors (Lipinski definition) is 3. The van der Waals surface area contributed by atoms with Crippen LogP contribution in [0.15, 0.2) is 18.2 Å². The van der Waals surface area contributed by atoms with E-state index < -0.39 is 0 Å². The second kappa shape index (κ2) is 8.58. The third-order valence-electron chi connectivity index (χ3n) is 2.93. The molecule has 0 saturated carbocycles. The Morgan fingerprint density at radius 1 is 0.950 bits per heavy atom. The summed E-state index contributed by atoms with van der Waals surface area (Å²) in [5.74, 6) is 1.09. The van der Waals surface area contributed by atoms with Gasteiger partial charge >= 0.3 is 0 Å². The van der Waals surface area contributed by atoms with Crippen LogP contribution in [0.3, 0.4) is 0 Å². The fraction of sp³-hybridized carbons (Fsp3) is 0.647. The summed E-state index contributed by atoms with van der Waals surface area (Å²) < 4.78 is 0. The molecule has 1 rings (SSSR count). The predicted molar refractivity (Wildman–Crippen MR) is 93.6 cm³/mol. The Labute approximate surface area is 129 Å². The zero-order chi connectivity index (χ0) is 15.1. The minimum atomic E-state index is 0.469. The highest BCUT2D eigenvalue weighted by molar-refractivity contribution is 7.99. The number of benzene rings is 1. The molecule has 0 atom stereocenters. The van der Waals surface area contributed by atoms with Gasteiger partial charge < -0.3 is 10.6 Å². The highest BCUT2D eigenvalue weighted by Crippen LogP contribution is 2.23. The molecule has 0 saturated heterocycles. The largest absolute Gasteiger partial charge is 0.383 e. The summed E-state index contributed by atoms with van der Waals surface area (Å²) in [5, 5.41) is 7.70. The van der Waals surface area contributed by atoms with Crippen LogP contribution in [0.25, 0.3) is 0 Å². The molecule has 1 aromatic rings. The fourth-order valence-electron chi connectivity index (χ4n) is 1.92. The van der Waals surface area contributed by atoms with Crippen molar-refractivity contribution >= 4 is 17.4 Å². The number of rotatable bonds is 8. The molecule has 0 unspecified atom stereocenters. The first-order chi connectivity index (χ1) is 9.38. The lowest BCUT2D eigenvalue weighted by molar-refractivity contribution is 0.587. The fourth-order valence-corrected chi connectivity index (χ4v) is 2.72. The number of hydrogen-bond donors (Lipinski definition) is 2. The lowest BCUT2D eigenvalue weighted by Crippen LogP contribution is -2.22. The first kappa shape index (κ1) is 17.4. The predicted octanol–water partition coefficient (Wildman–Crippen LogP) is 4.65. The third-order valence-corrected chi connectivity index (χ3v) is 4.08. The molecule has 2 N–H and O–H groups in total. The van der Waals surface area contributed by atoms with Gasteiger partial charge in [-0.2, -0.15) is 11.8 Å². The molecule has 0 aliphatic rings. The summed E-state index contributed by atoms with van der Waals surface area (Å²) in [4.78, 5) is 0. The van der Waals surface area contributed by atoms with E-state index in [-0.39, 0.29) is 0 Å². The first-order valence-electron chi connectivity index (χ1n) is 7.61. The normalized spacial score (nSPS) is 11.7. The van der Waals surface area contributed by atoms with Gasteiger partial charge in [0.05, 0.1) is 0 Å². The molecular weight excluding hydrogens is 264 g/mol. The standard InChI is InChI=1S/C17H30N2S/c1-12(2)18-10-16-9-17(19-13(3)4)8-7-15(16)11-20-14(5)6/h7-9,12-14,18-19H,10-11H2,1-6H3. The molecule has 1 aromatic carbocycles. The van der Waals surface area contributed by atoms with Crippen LogP contribution in [0, 0.1) is 0 Å². The van der Waals surface area contributed by atoms with Crippen molar-refractivity contribution in [1.82, 2.24) is 5.32 Å². The molecule has 20 heavy (non-hydrogen) atoms. The van der Waals surface area contributed by atoms with Gasteiger partial charge in [0.25, 0.3) is 0 Å². The molecule has 0 fully saturated rings. The summed E-state index contributed by atoms with van der Waals surface area (Å²) in [6, 6.07) is 7.76. The minimum absolute atomic E-state index is 0.469. The van der Waals surface area contributed by atoms with Crippen molar-refractivity contribution < 1.29 is 0 Å². The van der Waals surface area contributed by atoms with Crippen molar-refractivity contribution in [1.29, 1.82) is 0 Å². The smallest absolute Gasteiger partial charge is 0.0345 e. The highest BCUT2D eigenvalue weighted by Gasteiger charge is 2.07. The summed E-state index contributed by atoms with van der Waals surface area (Å²) in [7, 11) is 0. The van der Waals surface area contributed by atoms with Crippen LogP contribution in [0.2, 0.25) is 0 Å². The second-order valence-corrected chi connectivity index (χ2v) is 7.74. The second-order valence-electron chi connectivity index (χ2n) is 6.18. The molecule has 3 heteroatoms. The monoisotopic (exact) mass is 294 g/mol. The quantitative estimate of drug-likeness (QED) is 0.730. The van der Waals surface area contributed by atoms with Gasteiger partial charge in [0.2, 0.25) is 0 Å². The average Bonchev–Trinajstić information content (AvgIpc) is 2.34. The van der Waals surface area contributed by atoms with Gasteiger partial charge in [-0.05, 0) is 42.4 Å². The molecule has 0 aliphatic carbocycles. The summed E-state index contributed by atoms with van der Waals surface area (Å²) >= 11 is 2.00. The summed E-state index contributed by atoms with van der Waals surface area (Å²) in [6.45, 7) is 14.2. The van der Waals surface area contributed by atoms with Crippen LogP contribution in [-0.4, -0.2) is 17.3 Å². The van der Waals surface area contributed by atoms with Crippen molar-refractivity contribution in [3.63, 3.8) is 0 Å². The molecular formula is C17H30N2S. The molecule has 0 heterocycles. The van der Waals surface area contributed by atoms with Gasteiger partial charge in [-0.3, -0.25) is 0 Å². The van der Waals surface area contributed by atoms with Gasteiger partial charge in [-0.25, -0.2) is 0 Å². The van der Waals surface area contributed by atoms with Crippen LogP contribution in [-0.2, 0) is 12.3 Å². The zero-order valence-electron chi connectivity index (χ0n) is 13.8. The lowest BCUT2D eigenvalue weighted by atomic mass is 10.1. The maximum atomic E-state index is 3.53. The van der Waals surface area contributed by atoms with Crippen LogP contribution >= 0.6 is 11.8 Å². The summed E-state index contributed by atoms with van der Waals surface area (Å²) in [5.41, 5.74) is 4.09. The van der Waals surface area contributed by atoms with Crippen molar-refractivity contribution in [3.05, 3.63) is 29.3 Å². The molecule has 0 spiro atoms. The Bertz CT molecular complexity index is 400. The molecule has 0 bridgehead atoms. The van der Waals surface area contributed by atoms with Crippen LogP contribution in [0.5, 0.6) is 0 Å². The maximum Gasteiger partial charge on any atom is 0.0345 e. The van der Waals surface area contributed by atoms with E-state index in [2.05, 4.69) is 70.4 Å². The van der Waals surface area contributed by atoms with Gasteiger partial charge in [-0.1, -0.05) is 33.8 Å². The highest BCUT2D eigenvalue weighted by atomic mass is 32.2. The van der Waals surface area contributed by atoms with Crippen LogP contribution in [0.1, 0.15) is 52.7 Å². The van der Waals surface area contributed by atoms with E-state index in [1.165, 1.54) is 16.8 Å². The summed E-state index contributed by atoms with van der Waals surface area (Å²) in [6.07, 6.45) is 0. The van der Waals surface area contributed by atoms with Crippen LogP contribution in [0.4, 0.5) is 5.69 Å². The molecule has 0 amide bonds. The Morgan fingerprint density at radius 3 is 2.20 bits per heavy atom. The van der Waals surface area contributed by atoms with E-state index in [1.807, 2.05) is 11.8 Å². The molecule has 0 radical (unpaired) electrons. The van der Waals surface area contributed by atoms with Gasteiger partial charge in [0.1, 0.15) is 0 Å². The topological polar surface area (TPSA) is 24.1 Å². The van der Waals surface area contributed by atoms with E-state index in [0.717, 1.165) is 12.3 Å². The molecule has 114 valence electrons. The Balaban J connectivity index is 2.84. The Morgan fingerprint density at radius 2 is 1.65 bits per heavy atom. The Hall–Kier alpha value is -0.670. The minimum Gasteiger partial charge on any atom is -0.383 e. The van der Waals surface area contributed by atoms with E-state index in [0.29, 0.717) is 17.3 Å². The average molecular weight is 295 g/mol. The number of anilines is 1. The number of nitrogens with one attached hydrogen (secondary N) is 2. The van der Waals surface area contributed by atoms with E-state index >= 15 is 0 Å². The molecule has 0 aliphatic heterocycles. The number of thioether (sulfide) groups is 1. The molecule has 0 aromatic heterocycles. The Kier molecular flexibility index (Phi) is 7.46. The van der Waals surface area contributed by atoms with E-state index in [9.17, 15) is 0 Å². The van der Waals surface area contributed by atoms with E-state index in [1.54, 1.807) is 0 Å². The van der Waals surface area contributed by atoms with Crippen molar-refractivity contribution in [2.24, 2.45) is 0 Å². The van der Waals surface area contributed by atoms with Gasteiger partial charge in [0.15, 0.2) is 0 Å². The zero-order valence-corrected chi connectivity index (χ0v) is 14.6. The van der Waals surface area contributed by atoms with Crippen molar-refractivity contribution in [3.8, 4) is 0 Å². The van der Waals surface area contributed by atoms with Crippen molar-refractivity contribution in [2.45, 2.75) is 71.2 Å². The lowest BCUT2D eigenvalue weighted by Gasteiger charge is -2.17. The van der Waals surface area contributed by atoms with Gasteiger partial charge in [0, 0.05) is 30.1 Å². The van der Waals surface area contributed by atoms with Crippen LogP contribution < -0.4 is 10.6 Å². The molecule has 2 nitrogen and oxygen atoms in total. The first-order valence-corrected chi connectivity index (χ1v) is 8.66. The third kappa shape index (κ3) is 6.67. The SMILES string of the molecule is CC(C)NCc1cc(NC(C)C)ccc1CSC(C)C.